The first-order valence-corrected chi connectivity index (χ1v) is 8.99. The Balaban J connectivity index is 1.77. The molecule has 0 aromatic carbocycles. The Morgan fingerprint density at radius 2 is 1.75 bits per heavy atom. The molecule has 0 aliphatic carbocycles. The lowest BCUT2D eigenvalue weighted by molar-refractivity contribution is 0.0268. The molecular weight excluding hydrogens is 278 g/mol. The predicted octanol–water partition coefficient (Wildman–Crippen LogP) is 0.273. The molecule has 118 valence electrons. The zero-order valence-corrected chi connectivity index (χ0v) is 13.4. The van der Waals surface area contributed by atoms with E-state index in [9.17, 15) is 8.42 Å². The molecule has 2 heterocycles. The standard InChI is InChI=1S/C13H27N3O3S/c1-12(2)14-20(17,18)16-5-3-13(4-6-16)11-15-7-9-19-10-8-15/h12-14H,3-11H2,1-2H3. The second kappa shape index (κ2) is 7.17. The Morgan fingerprint density at radius 3 is 2.30 bits per heavy atom. The first kappa shape index (κ1) is 16.2. The maximum absolute atomic E-state index is 12.1. The molecule has 2 fully saturated rings. The highest BCUT2D eigenvalue weighted by atomic mass is 32.2. The summed E-state index contributed by atoms with van der Waals surface area (Å²) in [6, 6.07) is -0.0499. The second-order valence-corrected chi connectivity index (χ2v) is 7.74. The molecule has 2 aliphatic heterocycles. The van der Waals surface area contributed by atoms with Crippen LogP contribution in [0.5, 0.6) is 0 Å². The van der Waals surface area contributed by atoms with E-state index in [0.29, 0.717) is 19.0 Å². The summed E-state index contributed by atoms with van der Waals surface area (Å²) in [5, 5.41) is 0. The topological polar surface area (TPSA) is 61.9 Å². The zero-order chi connectivity index (χ0) is 14.6. The molecule has 0 atom stereocenters. The van der Waals surface area contributed by atoms with Crippen molar-refractivity contribution in [2.24, 2.45) is 5.92 Å². The maximum Gasteiger partial charge on any atom is 0.279 e. The quantitative estimate of drug-likeness (QED) is 0.792. The van der Waals surface area contributed by atoms with E-state index in [-0.39, 0.29) is 6.04 Å². The Kier molecular flexibility index (Phi) is 5.80. The van der Waals surface area contributed by atoms with Crippen LogP contribution < -0.4 is 4.72 Å². The van der Waals surface area contributed by atoms with E-state index < -0.39 is 10.2 Å². The third kappa shape index (κ3) is 4.66. The van der Waals surface area contributed by atoms with Crippen LogP contribution in [-0.2, 0) is 14.9 Å². The van der Waals surface area contributed by atoms with Gasteiger partial charge in [-0.2, -0.15) is 17.4 Å². The molecule has 0 bridgehead atoms. The van der Waals surface area contributed by atoms with Gasteiger partial charge < -0.3 is 4.74 Å². The number of morpholine rings is 1. The smallest absolute Gasteiger partial charge is 0.279 e. The molecule has 2 saturated heterocycles. The average molecular weight is 305 g/mol. The molecule has 2 rings (SSSR count). The average Bonchev–Trinajstić information content (AvgIpc) is 2.39. The highest BCUT2D eigenvalue weighted by molar-refractivity contribution is 7.87. The summed E-state index contributed by atoms with van der Waals surface area (Å²) in [5.41, 5.74) is 0. The summed E-state index contributed by atoms with van der Waals surface area (Å²) in [7, 11) is -3.29. The fourth-order valence-electron chi connectivity index (χ4n) is 2.85. The van der Waals surface area contributed by atoms with Crippen LogP contribution in [0.2, 0.25) is 0 Å². The minimum Gasteiger partial charge on any atom is -0.379 e. The van der Waals surface area contributed by atoms with Crippen molar-refractivity contribution in [2.45, 2.75) is 32.7 Å². The molecule has 7 heteroatoms. The van der Waals surface area contributed by atoms with E-state index in [0.717, 1.165) is 45.7 Å². The van der Waals surface area contributed by atoms with E-state index in [2.05, 4.69) is 9.62 Å². The molecule has 0 spiro atoms. The van der Waals surface area contributed by atoms with Gasteiger partial charge in [-0.15, -0.1) is 0 Å². The Morgan fingerprint density at radius 1 is 1.15 bits per heavy atom. The summed E-state index contributed by atoms with van der Waals surface area (Å²) < 4.78 is 33.8. The summed E-state index contributed by atoms with van der Waals surface area (Å²) in [5.74, 6) is 0.610. The van der Waals surface area contributed by atoms with Crippen molar-refractivity contribution in [3.63, 3.8) is 0 Å². The third-order valence-corrected chi connectivity index (χ3v) is 5.73. The molecular formula is C13H27N3O3S. The molecule has 0 amide bonds. The van der Waals surface area contributed by atoms with Crippen LogP contribution in [0.15, 0.2) is 0 Å². The van der Waals surface area contributed by atoms with Gasteiger partial charge in [-0.25, -0.2) is 0 Å². The SMILES string of the molecule is CC(C)NS(=O)(=O)N1CCC(CN2CCOCC2)CC1. The highest BCUT2D eigenvalue weighted by Gasteiger charge is 2.29. The van der Waals surface area contributed by atoms with Crippen LogP contribution in [0.3, 0.4) is 0 Å². The number of hydrogen-bond acceptors (Lipinski definition) is 4. The third-order valence-electron chi connectivity index (χ3n) is 3.92. The highest BCUT2D eigenvalue weighted by Crippen LogP contribution is 2.20. The van der Waals surface area contributed by atoms with Crippen LogP contribution in [0.1, 0.15) is 26.7 Å². The lowest BCUT2D eigenvalue weighted by atomic mass is 9.97. The molecule has 0 saturated carbocycles. The van der Waals surface area contributed by atoms with Crippen molar-refractivity contribution in [1.82, 2.24) is 13.9 Å². The number of nitrogens with zero attached hydrogens (tertiary/aromatic N) is 2. The molecule has 0 aromatic rings. The van der Waals surface area contributed by atoms with Gasteiger partial charge in [-0.05, 0) is 32.6 Å². The van der Waals surface area contributed by atoms with Gasteiger partial charge in [0.05, 0.1) is 13.2 Å². The van der Waals surface area contributed by atoms with Crippen LogP contribution in [0.4, 0.5) is 0 Å². The van der Waals surface area contributed by atoms with Gasteiger partial charge in [0.1, 0.15) is 0 Å². The molecule has 20 heavy (non-hydrogen) atoms. The molecule has 0 aromatic heterocycles. The number of hydrogen-bond donors (Lipinski definition) is 1. The first-order valence-electron chi connectivity index (χ1n) is 7.55. The largest absolute Gasteiger partial charge is 0.379 e. The van der Waals surface area contributed by atoms with Crippen LogP contribution in [-0.4, -0.2) is 69.6 Å². The monoisotopic (exact) mass is 305 g/mol. The van der Waals surface area contributed by atoms with E-state index in [1.165, 1.54) is 0 Å². The van der Waals surface area contributed by atoms with Gasteiger partial charge in [-0.1, -0.05) is 0 Å². The zero-order valence-electron chi connectivity index (χ0n) is 12.5. The van der Waals surface area contributed by atoms with Crippen LogP contribution in [0, 0.1) is 5.92 Å². The van der Waals surface area contributed by atoms with Crippen LogP contribution >= 0.6 is 0 Å². The summed E-state index contributed by atoms with van der Waals surface area (Å²) >= 11 is 0. The van der Waals surface area contributed by atoms with Gasteiger partial charge >= 0.3 is 0 Å². The van der Waals surface area contributed by atoms with Crippen molar-refractivity contribution in [3.05, 3.63) is 0 Å². The molecule has 1 N–H and O–H groups in total. The fourth-order valence-corrected chi connectivity index (χ4v) is 4.29. The minimum atomic E-state index is -3.29. The van der Waals surface area contributed by atoms with E-state index in [4.69, 9.17) is 4.74 Å². The van der Waals surface area contributed by atoms with E-state index >= 15 is 0 Å². The lowest BCUT2D eigenvalue weighted by Crippen LogP contribution is -2.48. The molecule has 6 nitrogen and oxygen atoms in total. The van der Waals surface area contributed by atoms with Crippen molar-refractivity contribution in [2.75, 3.05) is 45.9 Å². The predicted molar refractivity (Wildman–Crippen MR) is 78.7 cm³/mol. The Labute approximate surface area is 122 Å². The summed E-state index contributed by atoms with van der Waals surface area (Å²) in [4.78, 5) is 2.44. The van der Waals surface area contributed by atoms with Crippen molar-refractivity contribution in [1.29, 1.82) is 0 Å². The second-order valence-electron chi connectivity index (χ2n) is 6.03. The van der Waals surface area contributed by atoms with Gasteiger partial charge in [0.25, 0.3) is 10.2 Å². The van der Waals surface area contributed by atoms with E-state index in [1.54, 1.807) is 4.31 Å². The summed E-state index contributed by atoms with van der Waals surface area (Å²) in [6.45, 7) is 9.71. The van der Waals surface area contributed by atoms with Gasteiger partial charge in [0.2, 0.25) is 0 Å². The summed E-state index contributed by atoms with van der Waals surface area (Å²) in [6.07, 6.45) is 1.91. The normalized spacial score (nSPS) is 24.4. The van der Waals surface area contributed by atoms with Crippen molar-refractivity contribution < 1.29 is 13.2 Å². The van der Waals surface area contributed by atoms with Crippen molar-refractivity contribution >= 4 is 10.2 Å². The molecule has 2 aliphatic rings. The number of nitrogens with one attached hydrogen (secondary N) is 1. The number of ether oxygens (including phenoxy) is 1. The van der Waals surface area contributed by atoms with Gasteiger partial charge in [0, 0.05) is 38.8 Å². The van der Waals surface area contributed by atoms with E-state index in [1.807, 2.05) is 13.8 Å². The Bertz CT molecular complexity index is 386. The van der Waals surface area contributed by atoms with Gasteiger partial charge in [-0.3, -0.25) is 4.90 Å². The first-order chi connectivity index (χ1) is 9.47. The Hall–Kier alpha value is -0.210. The molecule has 0 radical (unpaired) electrons. The fraction of sp³-hybridized carbons (Fsp3) is 1.00. The number of rotatable bonds is 5. The maximum atomic E-state index is 12.1. The molecule has 0 unspecified atom stereocenters. The number of piperidine rings is 1. The lowest BCUT2D eigenvalue weighted by Gasteiger charge is -2.35. The van der Waals surface area contributed by atoms with Crippen LogP contribution in [0.25, 0.3) is 0 Å². The van der Waals surface area contributed by atoms with Gasteiger partial charge in [0.15, 0.2) is 0 Å². The van der Waals surface area contributed by atoms with Crippen molar-refractivity contribution in [3.8, 4) is 0 Å². The minimum absolute atomic E-state index is 0.0499.